The Labute approximate surface area is 122 Å². The highest BCUT2D eigenvalue weighted by Crippen LogP contribution is 2.49. The average Bonchev–Trinajstić information content (AvgIpc) is 2.50. The lowest BCUT2D eigenvalue weighted by Crippen LogP contribution is -2.64. The van der Waals surface area contributed by atoms with Crippen molar-refractivity contribution in [1.29, 1.82) is 0 Å². The number of fused-ring (bicyclic) bond motifs is 1. The van der Waals surface area contributed by atoms with Gasteiger partial charge in [-0.15, -0.1) is 0 Å². The second kappa shape index (κ2) is 4.90. The van der Waals surface area contributed by atoms with Gasteiger partial charge in [0.1, 0.15) is 0 Å². The van der Waals surface area contributed by atoms with Gasteiger partial charge in [-0.25, -0.2) is 5.01 Å². The quantitative estimate of drug-likeness (QED) is 0.723. The fourth-order valence-electron chi connectivity index (χ4n) is 2.83. The van der Waals surface area contributed by atoms with E-state index in [1.165, 1.54) is 20.8 Å². The SMILES string of the molecule is CC(C)(C)C(=O)N1NC2=CCCCCC2C1(O)C(F)(F)F. The summed E-state index contributed by atoms with van der Waals surface area (Å²) in [6.07, 6.45) is -1.06. The number of rotatable bonds is 0. The molecule has 1 amide bonds. The number of allylic oxidation sites excluding steroid dienone is 1. The molecule has 21 heavy (non-hydrogen) atoms. The minimum Gasteiger partial charge on any atom is -0.362 e. The van der Waals surface area contributed by atoms with E-state index in [0.29, 0.717) is 23.5 Å². The van der Waals surface area contributed by atoms with Crippen molar-refractivity contribution in [1.82, 2.24) is 10.4 Å². The highest BCUT2D eigenvalue weighted by molar-refractivity contribution is 5.82. The molecule has 2 rings (SSSR count). The highest BCUT2D eigenvalue weighted by Gasteiger charge is 2.69. The summed E-state index contributed by atoms with van der Waals surface area (Å²) in [5.41, 5.74) is -1.41. The molecule has 0 saturated carbocycles. The van der Waals surface area contributed by atoms with Gasteiger partial charge < -0.3 is 5.11 Å². The largest absolute Gasteiger partial charge is 0.439 e. The first-order valence-corrected chi connectivity index (χ1v) is 7.10. The molecule has 1 fully saturated rings. The molecule has 0 aromatic rings. The Hall–Kier alpha value is -1.24. The molecule has 1 aliphatic heterocycles. The topological polar surface area (TPSA) is 52.6 Å². The Morgan fingerprint density at radius 2 is 2.00 bits per heavy atom. The summed E-state index contributed by atoms with van der Waals surface area (Å²) in [4.78, 5) is 12.3. The number of carbonyl (C=O) groups is 1. The van der Waals surface area contributed by atoms with Gasteiger partial charge in [-0.05, 0) is 19.3 Å². The minimum atomic E-state index is -4.93. The van der Waals surface area contributed by atoms with Crippen molar-refractivity contribution in [2.45, 2.75) is 58.4 Å². The van der Waals surface area contributed by atoms with E-state index in [0.717, 1.165) is 6.42 Å². The van der Waals surface area contributed by atoms with Crippen LogP contribution in [0, 0.1) is 11.3 Å². The molecule has 0 radical (unpaired) electrons. The zero-order chi connectivity index (χ0) is 16.1. The van der Waals surface area contributed by atoms with Gasteiger partial charge in [0.25, 0.3) is 5.72 Å². The van der Waals surface area contributed by atoms with Crippen LogP contribution in [-0.2, 0) is 4.79 Å². The minimum absolute atomic E-state index is 0.197. The Balaban J connectivity index is 2.50. The Morgan fingerprint density at radius 3 is 2.52 bits per heavy atom. The number of halogens is 3. The van der Waals surface area contributed by atoms with Gasteiger partial charge in [-0.3, -0.25) is 10.2 Å². The van der Waals surface area contributed by atoms with Crippen LogP contribution < -0.4 is 5.43 Å². The zero-order valence-corrected chi connectivity index (χ0v) is 12.4. The standard InChI is InChI=1S/C14H21F3N2O2/c1-12(2,3)11(20)19-13(21,14(15,16)17)9-7-5-4-6-8-10(9)18-19/h8-9,18,21H,4-7H2,1-3H3. The van der Waals surface area contributed by atoms with Crippen molar-refractivity contribution < 1.29 is 23.1 Å². The van der Waals surface area contributed by atoms with Crippen LogP contribution in [-0.4, -0.2) is 27.9 Å². The van der Waals surface area contributed by atoms with Crippen LogP contribution in [0.3, 0.4) is 0 Å². The van der Waals surface area contributed by atoms with Crippen LogP contribution in [0.2, 0.25) is 0 Å². The van der Waals surface area contributed by atoms with Gasteiger partial charge in [0.05, 0.1) is 5.92 Å². The fraction of sp³-hybridized carbons (Fsp3) is 0.786. The van der Waals surface area contributed by atoms with E-state index in [4.69, 9.17) is 0 Å². The van der Waals surface area contributed by atoms with Crippen molar-refractivity contribution in [3.05, 3.63) is 11.8 Å². The highest BCUT2D eigenvalue weighted by atomic mass is 19.4. The van der Waals surface area contributed by atoms with Crippen molar-refractivity contribution in [3.8, 4) is 0 Å². The number of nitrogens with one attached hydrogen (secondary N) is 1. The molecule has 2 aliphatic rings. The van der Waals surface area contributed by atoms with Crippen LogP contribution in [0.4, 0.5) is 13.2 Å². The van der Waals surface area contributed by atoms with Crippen molar-refractivity contribution in [3.63, 3.8) is 0 Å². The maximum Gasteiger partial charge on any atom is 0.439 e. The first kappa shape index (κ1) is 16.1. The number of aliphatic hydroxyl groups is 1. The Kier molecular flexibility index (Phi) is 3.76. The lowest BCUT2D eigenvalue weighted by Gasteiger charge is -2.39. The number of amides is 1. The fourth-order valence-corrected chi connectivity index (χ4v) is 2.83. The number of hydrogen-bond acceptors (Lipinski definition) is 3. The molecule has 0 aromatic heterocycles. The number of nitrogens with zero attached hydrogens (tertiary/aromatic N) is 1. The van der Waals surface area contributed by atoms with E-state index in [1.54, 1.807) is 6.08 Å². The lowest BCUT2D eigenvalue weighted by atomic mass is 9.87. The third-order valence-electron chi connectivity index (χ3n) is 4.02. The third kappa shape index (κ3) is 2.52. The van der Waals surface area contributed by atoms with Gasteiger partial charge in [0.15, 0.2) is 0 Å². The Bertz CT molecular complexity index is 468. The van der Waals surface area contributed by atoms with Crippen LogP contribution in [0.25, 0.3) is 0 Å². The van der Waals surface area contributed by atoms with Gasteiger partial charge in [-0.1, -0.05) is 33.3 Å². The molecule has 1 heterocycles. The third-order valence-corrected chi connectivity index (χ3v) is 4.02. The maximum atomic E-state index is 13.5. The molecule has 0 spiro atoms. The van der Waals surface area contributed by atoms with E-state index in [2.05, 4.69) is 5.43 Å². The average molecular weight is 306 g/mol. The van der Waals surface area contributed by atoms with Crippen molar-refractivity contribution in [2.75, 3.05) is 0 Å². The smallest absolute Gasteiger partial charge is 0.362 e. The molecule has 1 saturated heterocycles. The van der Waals surface area contributed by atoms with Gasteiger partial charge in [0, 0.05) is 11.1 Å². The van der Waals surface area contributed by atoms with Crippen LogP contribution in [0.15, 0.2) is 11.8 Å². The molecule has 2 N–H and O–H groups in total. The number of alkyl halides is 3. The Morgan fingerprint density at radius 1 is 1.38 bits per heavy atom. The van der Waals surface area contributed by atoms with Gasteiger partial charge in [-0.2, -0.15) is 13.2 Å². The summed E-state index contributed by atoms with van der Waals surface area (Å²) in [7, 11) is 0. The van der Waals surface area contributed by atoms with Crippen molar-refractivity contribution >= 4 is 5.91 Å². The summed E-state index contributed by atoms with van der Waals surface area (Å²) in [5, 5.41) is 10.8. The summed E-state index contributed by atoms with van der Waals surface area (Å²) < 4.78 is 40.6. The molecule has 1 aliphatic carbocycles. The summed E-state index contributed by atoms with van der Waals surface area (Å²) in [5.74, 6) is -1.93. The van der Waals surface area contributed by atoms with E-state index in [9.17, 15) is 23.1 Å². The molecule has 0 aromatic carbocycles. The maximum absolute atomic E-state index is 13.5. The summed E-state index contributed by atoms with van der Waals surface area (Å²) in [6, 6.07) is 0. The summed E-state index contributed by atoms with van der Waals surface area (Å²) in [6.45, 7) is 4.57. The van der Waals surface area contributed by atoms with Gasteiger partial charge >= 0.3 is 6.18 Å². The predicted octanol–water partition coefficient (Wildman–Crippen LogP) is 2.70. The molecule has 7 heteroatoms. The lowest BCUT2D eigenvalue weighted by molar-refractivity contribution is -0.320. The second-order valence-corrected chi connectivity index (χ2v) is 6.72. The first-order valence-electron chi connectivity index (χ1n) is 7.10. The normalized spacial score (nSPS) is 30.3. The van der Waals surface area contributed by atoms with Crippen LogP contribution >= 0.6 is 0 Å². The monoisotopic (exact) mass is 306 g/mol. The molecule has 4 nitrogen and oxygen atoms in total. The van der Waals surface area contributed by atoms with E-state index >= 15 is 0 Å². The number of carbonyl (C=O) groups excluding carboxylic acids is 1. The molecular weight excluding hydrogens is 285 g/mol. The van der Waals surface area contributed by atoms with Gasteiger partial charge in [0.2, 0.25) is 5.91 Å². The van der Waals surface area contributed by atoms with E-state index in [-0.39, 0.29) is 6.42 Å². The zero-order valence-electron chi connectivity index (χ0n) is 12.4. The molecule has 120 valence electrons. The first-order chi connectivity index (χ1) is 9.49. The van der Waals surface area contributed by atoms with E-state index in [1.807, 2.05) is 0 Å². The molecule has 2 unspecified atom stereocenters. The number of hydrogen-bond donors (Lipinski definition) is 2. The molecule has 0 bridgehead atoms. The summed E-state index contributed by atoms with van der Waals surface area (Å²) >= 11 is 0. The van der Waals surface area contributed by atoms with E-state index < -0.39 is 29.1 Å². The van der Waals surface area contributed by atoms with Crippen molar-refractivity contribution in [2.24, 2.45) is 11.3 Å². The van der Waals surface area contributed by atoms with Crippen LogP contribution in [0.5, 0.6) is 0 Å². The molecular formula is C14H21F3N2O2. The predicted molar refractivity (Wildman–Crippen MR) is 70.5 cm³/mol. The second-order valence-electron chi connectivity index (χ2n) is 6.72. The molecule has 2 atom stereocenters. The number of hydrazine groups is 1. The van der Waals surface area contributed by atoms with Crippen LogP contribution in [0.1, 0.15) is 46.5 Å².